The van der Waals surface area contributed by atoms with E-state index in [0.29, 0.717) is 0 Å². The monoisotopic (exact) mass is 362 g/mol. The average Bonchev–Trinajstić information content (AvgIpc) is 2.79. The zero-order valence-corrected chi connectivity index (χ0v) is 13.6. The van der Waals surface area contributed by atoms with Gasteiger partial charge in [-0.25, -0.2) is 13.5 Å². The maximum Gasteiger partial charge on any atom is 0.433 e. The fourth-order valence-corrected chi connectivity index (χ4v) is 2.21. The summed E-state index contributed by atoms with van der Waals surface area (Å²) < 4.78 is 73.0. The van der Waals surface area contributed by atoms with Gasteiger partial charge in [-0.2, -0.15) is 18.3 Å². The van der Waals surface area contributed by atoms with Crippen LogP contribution < -0.4 is 0 Å². The number of para-hydroxylation sites is 1. The zero-order valence-electron chi connectivity index (χ0n) is 13.6. The molecule has 1 aromatic carbocycles. The maximum absolute atomic E-state index is 13.8. The summed E-state index contributed by atoms with van der Waals surface area (Å²) in [5, 5.41) is 3.43. The van der Waals surface area contributed by atoms with Crippen LogP contribution in [-0.4, -0.2) is 21.4 Å². The molecule has 0 radical (unpaired) electrons. The zero-order chi connectivity index (χ0) is 19.0. The van der Waals surface area contributed by atoms with Gasteiger partial charge in [-0.15, -0.1) is 0 Å². The van der Waals surface area contributed by atoms with Gasteiger partial charge in [0.1, 0.15) is 11.3 Å². The van der Waals surface area contributed by atoms with Crippen LogP contribution in [0.4, 0.5) is 22.0 Å². The Balaban J connectivity index is 2.51. The molecule has 136 valence electrons. The number of alkyl halides is 3. The van der Waals surface area contributed by atoms with E-state index in [-0.39, 0.29) is 4.68 Å². The second kappa shape index (κ2) is 6.45. The van der Waals surface area contributed by atoms with E-state index in [2.05, 4.69) is 5.10 Å². The lowest BCUT2D eigenvalue weighted by Crippen LogP contribution is -2.26. The molecule has 0 N–H and O–H groups in total. The largest absolute Gasteiger partial charge is 0.460 e. The Morgan fingerprint density at radius 3 is 2.20 bits per heavy atom. The van der Waals surface area contributed by atoms with E-state index in [1.54, 1.807) is 20.8 Å². The number of hydrogen-bond acceptors (Lipinski definition) is 3. The van der Waals surface area contributed by atoms with Crippen molar-refractivity contribution in [2.24, 2.45) is 0 Å². The van der Waals surface area contributed by atoms with Gasteiger partial charge in [-0.1, -0.05) is 6.07 Å². The number of rotatable bonds is 3. The van der Waals surface area contributed by atoms with E-state index >= 15 is 0 Å². The summed E-state index contributed by atoms with van der Waals surface area (Å²) >= 11 is 0. The predicted molar refractivity (Wildman–Crippen MR) is 78.0 cm³/mol. The molecule has 9 heteroatoms. The second-order valence-electron chi connectivity index (χ2n) is 6.26. The van der Waals surface area contributed by atoms with Gasteiger partial charge in [-0.05, 0) is 32.9 Å². The van der Waals surface area contributed by atoms with Crippen LogP contribution in [0.5, 0.6) is 0 Å². The molecular formula is C16H15F5N2O2. The highest BCUT2D eigenvalue weighted by molar-refractivity contribution is 5.73. The van der Waals surface area contributed by atoms with Gasteiger partial charge in [0.25, 0.3) is 0 Å². The lowest BCUT2D eigenvalue weighted by Gasteiger charge is -2.19. The normalized spacial score (nSPS) is 12.3. The van der Waals surface area contributed by atoms with Crippen molar-refractivity contribution in [3.63, 3.8) is 0 Å². The molecule has 0 aliphatic rings. The summed E-state index contributed by atoms with van der Waals surface area (Å²) in [6.45, 7) is 4.69. The highest BCUT2D eigenvalue weighted by Gasteiger charge is 2.40. The third kappa shape index (κ3) is 4.34. The fourth-order valence-electron chi connectivity index (χ4n) is 2.21. The van der Waals surface area contributed by atoms with Crippen molar-refractivity contribution in [3.8, 4) is 5.69 Å². The van der Waals surface area contributed by atoms with Gasteiger partial charge in [0.05, 0.1) is 12.6 Å². The van der Waals surface area contributed by atoms with Gasteiger partial charge >= 0.3 is 12.1 Å². The van der Waals surface area contributed by atoms with Gasteiger partial charge in [0.2, 0.25) is 0 Å². The Kier molecular flexibility index (Phi) is 4.87. The summed E-state index contributed by atoms with van der Waals surface area (Å²) in [4.78, 5) is 11.8. The third-order valence-electron chi connectivity index (χ3n) is 3.02. The molecule has 4 nitrogen and oxygen atoms in total. The quantitative estimate of drug-likeness (QED) is 0.611. The van der Waals surface area contributed by atoms with Crippen LogP contribution in [0.3, 0.4) is 0 Å². The minimum Gasteiger partial charge on any atom is -0.460 e. The smallest absolute Gasteiger partial charge is 0.433 e. The van der Waals surface area contributed by atoms with Crippen molar-refractivity contribution >= 4 is 5.97 Å². The molecule has 0 fully saturated rings. The molecule has 0 saturated heterocycles. The first kappa shape index (κ1) is 18.9. The molecule has 25 heavy (non-hydrogen) atoms. The first-order chi connectivity index (χ1) is 11.4. The predicted octanol–water partition coefficient (Wildman–Crippen LogP) is 4.05. The Hall–Kier alpha value is -2.45. The lowest BCUT2D eigenvalue weighted by molar-refractivity contribution is -0.154. The Morgan fingerprint density at radius 1 is 1.16 bits per heavy atom. The summed E-state index contributed by atoms with van der Waals surface area (Å²) in [5.41, 5.74) is -3.82. The second-order valence-corrected chi connectivity index (χ2v) is 6.26. The number of halogens is 5. The van der Waals surface area contributed by atoms with Crippen molar-refractivity contribution in [1.29, 1.82) is 0 Å². The van der Waals surface area contributed by atoms with E-state index < -0.39 is 52.7 Å². The molecule has 0 spiro atoms. The van der Waals surface area contributed by atoms with Crippen LogP contribution in [0.25, 0.3) is 5.69 Å². The minimum absolute atomic E-state index is 0.115. The summed E-state index contributed by atoms with van der Waals surface area (Å²) in [6.07, 6.45) is -4.97. The molecule has 0 atom stereocenters. The van der Waals surface area contributed by atoms with E-state index in [9.17, 15) is 26.7 Å². The number of aromatic nitrogens is 2. The van der Waals surface area contributed by atoms with E-state index in [1.165, 1.54) is 0 Å². The minimum atomic E-state index is -4.98. The molecule has 1 heterocycles. The van der Waals surface area contributed by atoms with Crippen LogP contribution in [0, 0.1) is 11.6 Å². The van der Waals surface area contributed by atoms with Crippen LogP contribution in [0.15, 0.2) is 24.4 Å². The van der Waals surface area contributed by atoms with E-state index in [1.807, 2.05) is 0 Å². The van der Waals surface area contributed by atoms with E-state index in [0.717, 1.165) is 24.4 Å². The van der Waals surface area contributed by atoms with Gasteiger partial charge in [-0.3, -0.25) is 4.79 Å². The number of benzene rings is 1. The Labute approximate surface area is 140 Å². The van der Waals surface area contributed by atoms with Crippen LogP contribution >= 0.6 is 0 Å². The first-order valence-corrected chi connectivity index (χ1v) is 7.20. The van der Waals surface area contributed by atoms with Crippen LogP contribution in [0.1, 0.15) is 32.0 Å². The summed E-state index contributed by atoms with van der Waals surface area (Å²) in [7, 11) is 0. The fraction of sp³-hybridized carbons (Fsp3) is 0.375. The van der Waals surface area contributed by atoms with Crippen molar-refractivity contribution in [1.82, 2.24) is 9.78 Å². The van der Waals surface area contributed by atoms with Crippen LogP contribution in [-0.2, 0) is 22.1 Å². The number of nitrogens with zero attached hydrogens (tertiary/aromatic N) is 2. The van der Waals surface area contributed by atoms with Crippen molar-refractivity contribution in [2.45, 2.75) is 39.0 Å². The number of carbonyl (C=O) groups is 1. The standard InChI is InChI=1S/C16H15F5N2O2/c1-15(2,3)25-12(24)7-9-8-22-23(14(9)16(19,20)21)13-10(17)5-4-6-11(13)18/h4-6,8H,7H2,1-3H3. The molecule has 2 aromatic rings. The molecule has 0 aliphatic carbocycles. The first-order valence-electron chi connectivity index (χ1n) is 7.20. The molecule has 1 aromatic heterocycles. The summed E-state index contributed by atoms with van der Waals surface area (Å²) in [6, 6.07) is 2.65. The lowest BCUT2D eigenvalue weighted by atomic mass is 10.1. The molecule has 0 unspecified atom stereocenters. The van der Waals surface area contributed by atoms with Gasteiger partial charge in [0, 0.05) is 5.56 Å². The van der Waals surface area contributed by atoms with Crippen molar-refractivity contribution < 1.29 is 31.5 Å². The average molecular weight is 362 g/mol. The Bertz CT molecular complexity index is 771. The van der Waals surface area contributed by atoms with Crippen LogP contribution in [0.2, 0.25) is 0 Å². The highest BCUT2D eigenvalue weighted by atomic mass is 19.4. The SMILES string of the molecule is CC(C)(C)OC(=O)Cc1cnn(-c2c(F)cccc2F)c1C(F)(F)F. The number of esters is 1. The number of ether oxygens (including phenoxy) is 1. The van der Waals surface area contributed by atoms with Gasteiger partial charge < -0.3 is 4.74 Å². The highest BCUT2D eigenvalue weighted by Crippen LogP contribution is 2.35. The third-order valence-corrected chi connectivity index (χ3v) is 3.02. The molecular weight excluding hydrogens is 347 g/mol. The molecule has 0 amide bonds. The molecule has 0 bridgehead atoms. The molecule has 2 rings (SSSR count). The molecule has 0 saturated carbocycles. The topological polar surface area (TPSA) is 44.1 Å². The van der Waals surface area contributed by atoms with E-state index in [4.69, 9.17) is 4.74 Å². The number of hydrogen-bond donors (Lipinski definition) is 0. The van der Waals surface area contributed by atoms with Gasteiger partial charge in [0.15, 0.2) is 17.3 Å². The van der Waals surface area contributed by atoms with Crippen molar-refractivity contribution in [3.05, 3.63) is 47.3 Å². The Morgan fingerprint density at radius 2 is 1.72 bits per heavy atom. The number of carbonyl (C=O) groups excluding carboxylic acids is 1. The maximum atomic E-state index is 13.8. The van der Waals surface area contributed by atoms with Crippen molar-refractivity contribution in [2.75, 3.05) is 0 Å². The molecule has 0 aliphatic heterocycles. The summed E-state index contributed by atoms with van der Waals surface area (Å²) in [5.74, 6) is -3.33.